The smallest absolute Gasteiger partial charge is 0.338 e. The monoisotopic (exact) mass is 315 g/mol. The fourth-order valence-electron chi connectivity index (χ4n) is 2.42. The van der Waals surface area contributed by atoms with E-state index in [-0.39, 0.29) is 13.0 Å². The summed E-state index contributed by atoms with van der Waals surface area (Å²) in [5.74, 6) is -2.28. The van der Waals surface area contributed by atoms with Crippen LogP contribution in [0.15, 0.2) is 42.5 Å². The van der Waals surface area contributed by atoms with Crippen molar-refractivity contribution in [2.75, 3.05) is 6.61 Å². The maximum atomic E-state index is 12.2. The van der Waals surface area contributed by atoms with Gasteiger partial charge in [-0.2, -0.15) is 0 Å². The van der Waals surface area contributed by atoms with Gasteiger partial charge in [-0.3, -0.25) is 0 Å². The highest BCUT2D eigenvalue weighted by Gasteiger charge is 2.44. The van der Waals surface area contributed by atoms with Crippen LogP contribution in [-0.2, 0) is 20.7 Å². The number of hydrogen-bond acceptors (Lipinski definition) is 4. The Morgan fingerprint density at radius 3 is 2.57 bits per heavy atom. The molecule has 1 atom stereocenters. The van der Waals surface area contributed by atoms with Crippen LogP contribution in [0.5, 0.6) is 0 Å². The molecule has 0 aliphatic carbocycles. The van der Waals surface area contributed by atoms with E-state index in [4.69, 9.17) is 10.5 Å². The van der Waals surface area contributed by atoms with Crippen molar-refractivity contribution >= 4 is 22.7 Å². The predicted molar refractivity (Wildman–Crippen MR) is 88.1 cm³/mol. The van der Waals surface area contributed by atoms with Crippen molar-refractivity contribution in [1.29, 1.82) is 0 Å². The topological polar surface area (TPSA) is 89.6 Å². The Labute approximate surface area is 135 Å². The number of aliphatic carboxylic acids is 1. The highest BCUT2D eigenvalue weighted by atomic mass is 16.5. The van der Waals surface area contributed by atoms with E-state index in [1.807, 2.05) is 43.3 Å². The van der Waals surface area contributed by atoms with E-state index < -0.39 is 17.5 Å². The number of ether oxygens (including phenoxy) is 1. The van der Waals surface area contributed by atoms with Gasteiger partial charge < -0.3 is 15.6 Å². The predicted octanol–water partition coefficient (Wildman–Crippen LogP) is 2.51. The van der Waals surface area contributed by atoms with Crippen molar-refractivity contribution in [2.45, 2.75) is 31.7 Å². The molecule has 1 unspecified atom stereocenters. The molecule has 0 fully saturated rings. The van der Waals surface area contributed by atoms with Gasteiger partial charge in [0.2, 0.25) is 5.54 Å². The molecule has 0 bridgehead atoms. The lowest BCUT2D eigenvalue weighted by Crippen LogP contribution is -2.57. The number of nitrogens with two attached hydrogens (primary N) is 1. The largest absolute Gasteiger partial charge is 0.479 e. The fourth-order valence-corrected chi connectivity index (χ4v) is 2.42. The Hall–Kier alpha value is -2.40. The first kappa shape index (κ1) is 17.0. The van der Waals surface area contributed by atoms with Crippen molar-refractivity contribution in [1.82, 2.24) is 0 Å². The number of fused-ring (bicyclic) bond motifs is 1. The van der Waals surface area contributed by atoms with Crippen LogP contribution in [0.1, 0.15) is 25.3 Å². The number of benzene rings is 2. The Bertz CT molecular complexity index is 708. The van der Waals surface area contributed by atoms with E-state index in [0.29, 0.717) is 12.0 Å². The van der Waals surface area contributed by atoms with Gasteiger partial charge in [0.15, 0.2) is 0 Å². The van der Waals surface area contributed by atoms with Crippen LogP contribution in [0.4, 0.5) is 0 Å². The van der Waals surface area contributed by atoms with Gasteiger partial charge in [0.25, 0.3) is 0 Å². The van der Waals surface area contributed by atoms with E-state index in [2.05, 4.69) is 0 Å². The maximum absolute atomic E-state index is 12.2. The molecule has 0 amide bonds. The molecule has 0 spiro atoms. The Kier molecular flexibility index (Phi) is 5.34. The minimum absolute atomic E-state index is 0.116. The molecule has 0 aliphatic rings. The van der Waals surface area contributed by atoms with E-state index in [0.717, 1.165) is 17.2 Å². The number of carboxylic acids is 1. The molecular formula is C18H21NO4. The van der Waals surface area contributed by atoms with Gasteiger partial charge in [0.05, 0.1) is 6.61 Å². The Morgan fingerprint density at radius 2 is 1.87 bits per heavy atom. The van der Waals surface area contributed by atoms with Gasteiger partial charge in [-0.15, -0.1) is 0 Å². The molecule has 0 saturated carbocycles. The number of carboxylic acid groups (broad SMARTS) is 1. The van der Waals surface area contributed by atoms with Crippen molar-refractivity contribution < 1.29 is 19.4 Å². The molecule has 2 aromatic carbocycles. The molecule has 122 valence electrons. The molecule has 23 heavy (non-hydrogen) atoms. The summed E-state index contributed by atoms with van der Waals surface area (Å²) >= 11 is 0. The molecule has 5 heteroatoms. The Morgan fingerprint density at radius 1 is 1.17 bits per heavy atom. The lowest BCUT2D eigenvalue weighted by Gasteiger charge is -2.23. The first-order valence-electron chi connectivity index (χ1n) is 7.65. The summed E-state index contributed by atoms with van der Waals surface area (Å²) in [6.07, 6.45) is 1.41. The number of esters is 1. The van der Waals surface area contributed by atoms with Crippen LogP contribution < -0.4 is 5.73 Å². The molecule has 0 saturated heterocycles. The molecular weight excluding hydrogens is 294 g/mol. The van der Waals surface area contributed by atoms with Gasteiger partial charge in [0.1, 0.15) is 0 Å². The third-order valence-electron chi connectivity index (χ3n) is 3.83. The molecule has 0 aromatic heterocycles. The van der Waals surface area contributed by atoms with E-state index >= 15 is 0 Å². The molecule has 0 radical (unpaired) electrons. The van der Waals surface area contributed by atoms with Crippen LogP contribution in [0, 0.1) is 0 Å². The number of unbranched alkanes of at least 4 members (excludes halogenated alkanes) is 1. The summed E-state index contributed by atoms with van der Waals surface area (Å²) in [7, 11) is 0. The van der Waals surface area contributed by atoms with E-state index in [1.165, 1.54) is 0 Å². The van der Waals surface area contributed by atoms with Gasteiger partial charge in [-0.1, -0.05) is 55.8 Å². The fraction of sp³-hybridized carbons (Fsp3) is 0.333. The van der Waals surface area contributed by atoms with E-state index in [1.54, 1.807) is 6.07 Å². The van der Waals surface area contributed by atoms with Crippen molar-refractivity contribution in [3.8, 4) is 0 Å². The van der Waals surface area contributed by atoms with Crippen molar-refractivity contribution in [3.05, 3.63) is 48.0 Å². The molecule has 0 aliphatic heterocycles. The van der Waals surface area contributed by atoms with Crippen LogP contribution in [0.3, 0.4) is 0 Å². The second kappa shape index (κ2) is 7.24. The average Bonchev–Trinajstić information content (AvgIpc) is 2.55. The molecule has 3 N–H and O–H groups in total. The third kappa shape index (κ3) is 3.68. The number of carbonyl (C=O) groups is 2. The second-order valence-corrected chi connectivity index (χ2v) is 5.58. The van der Waals surface area contributed by atoms with Crippen LogP contribution in [0.25, 0.3) is 10.8 Å². The number of carbonyl (C=O) groups excluding carboxylic acids is 1. The van der Waals surface area contributed by atoms with Crippen molar-refractivity contribution in [2.24, 2.45) is 5.73 Å². The minimum atomic E-state index is -2.09. The molecule has 2 rings (SSSR count). The maximum Gasteiger partial charge on any atom is 0.338 e. The van der Waals surface area contributed by atoms with Gasteiger partial charge in [-0.05, 0) is 22.8 Å². The average molecular weight is 315 g/mol. The van der Waals surface area contributed by atoms with Gasteiger partial charge in [0, 0.05) is 6.42 Å². The van der Waals surface area contributed by atoms with Crippen LogP contribution in [0.2, 0.25) is 0 Å². The van der Waals surface area contributed by atoms with Crippen molar-refractivity contribution in [3.63, 3.8) is 0 Å². The summed E-state index contributed by atoms with van der Waals surface area (Å²) < 4.78 is 5.05. The lowest BCUT2D eigenvalue weighted by atomic mass is 9.89. The molecule has 5 nitrogen and oxygen atoms in total. The van der Waals surface area contributed by atoms with Crippen LogP contribution in [-0.4, -0.2) is 29.2 Å². The normalized spacial score (nSPS) is 13.5. The minimum Gasteiger partial charge on any atom is -0.479 e. The zero-order chi connectivity index (χ0) is 16.9. The zero-order valence-electron chi connectivity index (χ0n) is 13.1. The highest BCUT2D eigenvalue weighted by molar-refractivity contribution is 6.04. The third-order valence-corrected chi connectivity index (χ3v) is 3.83. The lowest BCUT2D eigenvalue weighted by molar-refractivity contribution is -0.161. The molecule has 0 heterocycles. The SMILES string of the molecule is CCCCOC(=O)C(N)(Cc1cccc2ccccc12)C(=O)O. The standard InChI is InChI=1S/C18H21NO4/c1-2-3-11-23-17(22)18(19,16(20)21)12-14-9-6-8-13-7-4-5-10-15(13)14/h4-10H,2-3,11-12,19H2,1H3,(H,20,21). The summed E-state index contributed by atoms with van der Waals surface area (Å²) in [5, 5.41) is 11.3. The number of hydrogen-bond donors (Lipinski definition) is 2. The van der Waals surface area contributed by atoms with Crippen LogP contribution >= 0.6 is 0 Å². The number of rotatable bonds is 7. The first-order chi connectivity index (χ1) is 11.0. The summed E-state index contributed by atoms with van der Waals surface area (Å²) in [6.45, 7) is 2.13. The van der Waals surface area contributed by atoms with E-state index in [9.17, 15) is 14.7 Å². The van der Waals surface area contributed by atoms with Gasteiger partial charge in [-0.25, -0.2) is 9.59 Å². The zero-order valence-corrected chi connectivity index (χ0v) is 13.1. The second-order valence-electron chi connectivity index (χ2n) is 5.58. The molecule has 2 aromatic rings. The summed E-state index contributed by atoms with van der Waals surface area (Å²) in [6, 6.07) is 13.1. The quantitative estimate of drug-likeness (QED) is 0.465. The summed E-state index contributed by atoms with van der Waals surface area (Å²) in [5.41, 5.74) is 4.54. The highest BCUT2D eigenvalue weighted by Crippen LogP contribution is 2.23. The summed E-state index contributed by atoms with van der Waals surface area (Å²) in [4.78, 5) is 23.8. The Balaban J connectivity index is 2.31. The first-order valence-corrected chi connectivity index (χ1v) is 7.65. The van der Waals surface area contributed by atoms with Gasteiger partial charge >= 0.3 is 11.9 Å².